The molecule has 1 rings (SSSR count). The minimum absolute atomic E-state index is 0.0168. The monoisotopic (exact) mass is 277 g/mol. The molecule has 2 amide bonds. The predicted molar refractivity (Wildman–Crippen MR) is 79.1 cm³/mol. The second kappa shape index (κ2) is 9.09. The van der Waals surface area contributed by atoms with Crippen molar-refractivity contribution in [2.24, 2.45) is 0 Å². The van der Waals surface area contributed by atoms with Crippen LogP contribution in [-0.2, 0) is 16.1 Å². The Labute approximate surface area is 120 Å². The fourth-order valence-electron chi connectivity index (χ4n) is 1.80. The van der Waals surface area contributed by atoms with E-state index in [1.54, 1.807) is 4.90 Å². The molecule has 0 spiro atoms. The highest BCUT2D eigenvalue weighted by Crippen LogP contribution is 2.05. The summed E-state index contributed by atoms with van der Waals surface area (Å²) in [6, 6.07) is 9.78. The van der Waals surface area contributed by atoms with Crippen LogP contribution in [0, 0.1) is 0 Å². The third-order valence-corrected chi connectivity index (χ3v) is 2.97. The lowest BCUT2D eigenvalue weighted by Gasteiger charge is -2.21. The van der Waals surface area contributed by atoms with Gasteiger partial charge in [0.25, 0.3) is 0 Å². The summed E-state index contributed by atoms with van der Waals surface area (Å²) < 4.78 is 0. The molecular weight excluding hydrogens is 254 g/mol. The number of likely N-dealkylation sites (N-methyl/N-ethyl adjacent to an activating group) is 1. The summed E-state index contributed by atoms with van der Waals surface area (Å²) >= 11 is 0. The summed E-state index contributed by atoms with van der Waals surface area (Å²) in [6.07, 6.45) is 0.329. The van der Waals surface area contributed by atoms with E-state index in [-0.39, 0.29) is 11.8 Å². The van der Waals surface area contributed by atoms with Crippen LogP contribution < -0.4 is 10.6 Å². The number of amides is 2. The number of benzene rings is 1. The highest BCUT2D eigenvalue weighted by atomic mass is 16.2. The third-order valence-electron chi connectivity index (χ3n) is 2.97. The molecule has 1 aromatic rings. The Kier molecular flexibility index (Phi) is 7.35. The summed E-state index contributed by atoms with van der Waals surface area (Å²) in [5.41, 5.74) is 1.07. The molecule has 0 unspecified atom stereocenters. The van der Waals surface area contributed by atoms with E-state index in [2.05, 4.69) is 10.6 Å². The fourth-order valence-corrected chi connectivity index (χ4v) is 1.80. The van der Waals surface area contributed by atoms with Gasteiger partial charge in [0, 0.05) is 39.5 Å². The lowest BCUT2D eigenvalue weighted by molar-refractivity contribution is -0.130. The van der Waals surface area contributed by atoms with Crippen molar-refractivity contribution in [1.82, 2.24) is 15.5 Å². The molecule has 0 atom stereocenters. The zero-order chi connectivity index (χ0) is 14.8. The minimum atomic E-state index is -0.0282. The maximum atomic E-state index is 11.6. The fraction of sp³-hybridized carbons (Fsp3) is 0.467. The van der Waals surface area contributed by atoms with Crippen molar-refractivity contribution >= 4 is 11.8 Å². The van der Waals surface area contributed by atoms with Crippen molar-refractivity contribution in [1.29, 1.82) is 0 Å². The average Bonchev–Trinajstić information content (AvgIpc) is 2.44. The molecule has 1 aromatic carbocycles. The van der Waals surface area contributed by atoms with Crippen molar-refractivity contribution in [3.05, 3.63) is 35.9 Å². The summed E-state index contributed by atoms with van der Waals surface area (Å²) in [5.74, 6) is -0.0450. The molecule has 0 heterocycles. The molecule has 0 aliphatic heterocycles. The lowest BCUT2D eigenvalue weighted by Crippen LogP contribution is -2.35. The zero-order valence-electron chi connectivity index (χ0n) is 12.2. The van der Waals surface area contributed by atoms with E-state index in [0.29, 0.717) is 26.1 Å². The van der Waals surface area contributed by atoms with Crippen LogP contribution >= 0.6 is 0 Å². The van der Waals surface area contributed by atoms with Crippen molar-refractivity contribution < 1.29 is 9.59 Å². The van der Waals surface area contributed by atoms with Crippen LogP contribution in [0.1, 0.15) is 18.9 Å². The van der Waals surface area contributed by atoms with E-state index in [0.717, 1.165) is 12.1 Å². The Morgan fingerprint density at radius 3 is 2.45 bits per heavy atom. The topological polar surface area (TPSA) is 61.4 Å². The van der Waals surface area contributed by atoms with Crippen LogP contribution in [0.25, 0.3) is 0 Å². The predicted octanol–water partition coefficient (Wildman–Crippen LogP) is 0.761. The highest BCUT2D eigenvalue weighted by molar-refractivity contribution is 5.78. The number of rotatable bonds is 8. The second-order valence-corrected chi connectivity index (χ2v) is 4.63. The Balaban J connectivity index is 2.40. The standard InChI is InChI=1S/C15H23N3O2/c1-13(19)18(12-14-6-4-3-5-7-14)11-8-15(20)17-10-9-16-2/h3-7,16H,8-12H2,1-2H3,(H,17,20). The first-order valence-corrected chi connectivity index (χ1v) is 6.84. The van der Waals surface area contributed by atoms with Gasteiger partial charge in [-0.25, -0.2) is 0 Å². The summed E-state index contributed by atoms with van der Waals surface area (Å²) in [7, 11) is 1.84. The molecule has 5 heteroatoms. The summed E-state index contributed by atoms with van der Waals surface area (Å²) in [6.45, 7) is 3.86. The van der Waals surface area contributed by atoms with Crippen LogP contribution in [0.5, 0.6) is 0 Å². The first-order valence-electron chi connectivity index (χ1n) is 6.84. The van der Waals surface area contributed by atoms with Crippen molar-refractivity contribution in [3.8, 4) is 0 Å². The quantitative estimate of drug-likeness (QED) is 0.690. The van der Waals surface area contributed by atoms with Gasteiger partial charge in [-0.2, -0.15) is 0 Å². The lowest BCUT2D eigenvalue weighted by atomic mass is 10.2. The van der Waals surface area contributed by atoms with Gasteiger partial charge in [0.1, 0.15) is 0 Å². The van der Waals surface area contributed by atoms with Gasteiger partial charge in [0.2, 0.25) is 11.8 Å². The molecule has 0 bridgehead atoms. The van der Waals surface area contributed by atoms with E-state index in [9.17, 15) is 9.59 Å². The van der Waals surface area contributed by atoms with Gasteiger partial charge in [-0.1, -0.05) is 30.3 Å². The van der Waals surface area contributed by atoms with Crippen molar-refractivity contribution in [2.45, 2.75) is 19.9 Å². The molecule has 0 aromatic heterocycles. The number of hydrogen-bond acceptors (Lipinski definition) is 3. The molecule has 0 aliphatic rings. The molecule has 0 aliphatic carbocycles. The van der Waals surface area contributed by atoms with Gasteiger partial charge >= 0.3 is 0 Å². The number of nitrogens with one attached hydrogen (secondary N) is 2. The van der Waals surface area contributed by atoms with Gasteiger partial charge in [-0.05, 0) is 12.6 Å². The van der Waals surface area contributed by atoms with Crippen molar-refractivity contribution in [2.75, 3.05) is 26.7 Å². The molecule has 5 nitrogen and oxygen atoms in total. The molecule has 0 radical (unpaired) electrons. The van der Waals surface area contributed by atoms with Crippen LogP contribution in [0.2, 0.25) is 0 Å². The van der Waals surface area contributed by atoms with Crippen LogP contribution in [-0.4, -0.2) is 43.4 Å². The Bertz CT molecular complexity index is 420. The zero-order valence-corrected chi connectivity index (χ0v) is 12.2. The molecule has 0 fully saturated rings. The highest BCUT2D eigenvalue weighted by Gasteiger charge is 2.11. The number of carbonyl (C=O) groups is 2. The summed E-state index contributed by atoms with van der Waals surface area (Å²) in [4.78, 5) is 24.9. The minimum Gasteiger partial charge on any atom is -0.355 e. The third kappa shape index (κ3) is 6.33. The number of carbonyl (C=O) groups excluding carboxylic acids is 2. The molecule has 0 saturated carbocycles. The molecular formula is C15H23N3O2. The molecule has 20 heavy (non-hydrogen) atoms. The Morgan fingerprint density at radius 1 is 1.15 bits per heavy atom. The first-order chi connectivity index (χ1) is 9.63. The van der Waals surface area contributed by atoms with E-state index < -0.39 is 0 Å². The SMILES string of the molecule is CNCCNC(=O)CCN(Cc1ccccc1)C(C)=O. The first kappa shape index (κ1) is 16.2. The van der Waals surface area contributed by atoms with Gasteiger partial charge < -0.3 is 15.5 Å². The number of hydrogen-bond donors (Lipinski definition) is 2. The van der Waals surface area contributed by atoms with E-state index >= 15 is 0 Å². The van der Waals surface area contributed by atoms with Crippen LogP contribution in [0.15, 0.2) is 30.3 Å². The van der Waals surface area contributed by atoms with Crippen LogP contribution in [0.3, 0.4) is 0 Å². The molecule has 110 valence electrons. The maximum Gasteiger partial charge on any atom is 0.221 e. The van der Waals surface area contributed by atoms with Crippen LogP contribution in [0.4, 0.5) is 0 Å². The maximum absolute atomic E-state index is 11.6. The smallest absolute Gasteiger partial charge is 0.221 e. The van der Waals surface area contributed by atoms with Gasteiger partial charge in [0.05, 0.1) is 0 Å². The average molecular weight is 277 g/mol. The van der Waals surface area contributed by atoms with Gasteiger partial charge in [0.15, 0.2) is 0 Å². The Hall–Kier alpha value is -1.88. The van der Waals surface area contributed by atoms with E-state index in [1.807, 2.05) is 37.4 Å². The van der Waals surface area contributed by atoms with Gasteiger partial charge in [-0.15, -0.1) is 0 Å². The Morgan fingerprint density at radius 2 is 1.85 bits per heavy atom. The summed E-state index contributed by atoms with van der Waals surface area (Å²) in [5, 5.41) is 5.76. The second-order valence-electron chi connectivity index (χ2n) is 4.63. The molecule has 2 N–H and O–H groups in total. The van der Waals surface area contributed by atoms with E-state index in [1.165, 1.54) is 6.92 Å². The normalized spacial score (nSPS) is 10.1. The van der Waals surface area contributed by atoms with E-state index in [4.69, 9.17) is 0 Å². The van der Waals surface area contributed by atoms with Crippen molar-refractivity contribution in [3.63, 3.8) is 0 Å². The largest absolute Gasteiger partial charge is 0.355 e. The number of nitrogens with zero attached hydrogens (tertiary/aromatic N) is 1. The molecule has 0 saturated heterocycles. The van der Waals surface area contributed by atoms with Gasteiger partial charge in [-0.3, -0.25) is 9.59 Å².